The van der Waals surface area contributed by atoms with E-state index >= 15 is 0 Å². The Morgan fingerprint density at radius 2 is 2.31 bits per heavy atom. The highest BCUT2D eigenvalue weighted by atomic mass is 79.9. The van der Waals surface area contributed by atoms with E-state index in [1.165, 1.54) is 15.7 Å². The molecule has 1 atom stereocenters. The van der Waals surface area contributed by atoms with E-state index in [0.717, 1.165) is 25.9 Å². The Labute approximate surface area is 106 Å². The van der Waals surface area contributed by atoms with Crippen molar-refractivity contribution in [3.05, 3.63) is 28.2 Å². The molecule has 1 N–H and O–H groups in total. The van der Waals surface area contributed by atoms with Crippen LogP contribution < -0.4 is 5.32 Å². The summed E-state index contributed by atoms with van der Waals surface area (Å²) in [4.78, 5) is 0. The molecular weight excluding hydrogens is 266 g/mol. The Morgan fingerprint density at radius 1 is 1.50 bits per heavy atom. The minimum atomic E-state index is 0.114. The quantitative estimate of drug-likeness (QED) is 0.915. The van der Waals surface area contributed by atoms with Gasteiger partial charge in [0.1, 0.15) is 0 Å². The number of hydrogen-bond donors (Lipinski definition) is 1. The molecule has 1 aromatic carbocycles. The van der Waals surface area contributed by atoms with Crippen LogP contribution in [0.25, 0.3) is 0 Å². The van der Waals surface area contributed by atoms with Crippen molar-refractivity contribution < 1.29 is 4.74 Å². The number of rotatable bonds is 3. The molecule has 0 saturated heterocycles. The summed E-state index contributed by atoms with van der Waals surface area (Å²) in [6.45, 7) is 2.99. The molecule has 0 saturated carbocycles. The molecular formula is C13H18BrNO. The van der Waals surface area contributed by atoms with Crippen LogP contribution >= 0.6 is 15.9 Å². The van der Waals surface area contributed by atoms with Gasteiger partial charge in [-0.3, -0.25) is 0 Å². The average Bonchev–Trinajstić information content (AvgIpc) is 2.29. The van der Waals surface area contributed by atoms with Crippen LogP contribution in [0.2, 0.25) is 0 Å². The first-order chi connectivity index (χ1) is 7.71. The first-order valence-electron chi connectivity index (χ1n) is 5.75. The second kappa shape index (κ2) is 4.76. The molecule has 1 aromatic rings. The topological polar surface area (TPSA) is 21.3 Å². The number of ether oxygens (including phenoxy) is 1. The average molecular weight is 284 g/mol. The zero-order chi connectivity index (χ0) is 11.6. The summed E-state index contributed by atoms with van der Waals surface area (Å²) in [5.41, 5.74) is 2.75. The van der Waals surface area contributed by atoms with Gasteiger partial charge in [-0.15, -0.1) is 0 Å². The molecule has 16 heavy (non-hydrogen) atoms. The lowest BCUT2D eigenvalue weighted by atomic mass is 9.85. The second-order valence-electron chi connectivity index (χ2n) is 4.46. The van der Waals surface area contributed by atoms with Crippen molar-refractivity contribution in [1.82, 2.24) is 0 Å². The molecule has 2 rings (SSSR count). The highest BCUT2D eigenvalue weighted by molar-refractivity contribution is 9.10. The summed E-state index contributed by atoms with van der Waals surface area (Å²) in [7, 11) is 1.77. The van der Waals surface area contributed by atoms with Crippen LogP contribution in [0, 0.1) is 0 Å². The summed E-state index contributed by atoms with van der Waals surface area (Å²) in [6, 6.07) is 6.34. The van der Waals surface area contributed by atoms with Crippen molar-refractivity contribution >= 4 is 21.6 Å². The Bertz CT molecular complexity index is 380. The maximum absolute atomic E-state index is 5.35. The fourth-order valence-corrected chi connectivity index (χ4v) is 2.96. The molecule has 0 fully saturated rings. The third-order valence-electron chi connectivity index (χ3n) is 3.47. The van der Waals surface area contributed by atoms with Gasteiger partial charge in [0.05, 0.1) is 12.1 Å². The molecule has 3 heteroatoms. The van der Waals surface area contributed by atoms with Crippen LogP contribution in [0.4, 0.5) is 5.69 Å². The molecule has 1 aliphatic rings. The van der Waals surface area contributed by atoms with E-state index < -0.39 is 0 Å². The van der Waals surface area contributed by atoms with Crippen LogP contribution in [0.3, 0.4) is 0 Å². The van der Waals surface area contributed by atoms with Crippen LogP contribution in [0.1, 0.15) is 25.3 Å². The number of anilines is 1. The monoisotopic (exact) mass is 283 g/mol. The van der Waals surface area contributed by atoms with E-state index in [1.54, 1.807) is 7.11 Å². The number of benzene rings is 1. The molecule has 0 radical (unpaired) electrons. The maximum Gasteiger partial charge on any atom is 0.0692 e. The minimum absolute atomic E-state index is 0.114. The van der Waals surface area contributed by atoms with Gasteiger partial charge in [-0.25, -0.2) is 0 Å². The largest absolute Gasteiger partial charge is 0.382 e. The molecule has 88 valence electrons. The van der Waals surface area contributed by atoms with E-state index in [0.29, 0.717) is 0 Å². The number of methoxy groups -OCH3 is 1. The first-order valence-corrected chi connectivity index (χ1v) is 6.54. The molecule has 0 aliphatic carbocycles. The van der Waals surface area contributed by atoms with Crippen molar-refractivity contribution in [3.63, 3.8) is 0 Å². The van der Waals surface area contributed by atoms with E-state index in [2.05, 4.69) is 46.4 Å². The van der Waals surface area contributed by atoms with E-state index in [9.17, 15) is 0 Å². The third kappa shape index (κ3) is 2.11. The standard InChI is InChI=1S/C13H18BrNO/c1-3-13(9-16-2)8-7-10-11(14)5-4-6-12(10)15-13/h4-6,15H,3,7-9H2,1-2H3. The molecule has 0 amide bonds. The summed E-state index contributed by atoms with van der Waals surface area (Å²) >= 11 is 3.61. The number of halogens is 1. The lowest BCUT2D eigenvalue weighted by Crippen LogP contribution is -2.45. The fraction of sp³-hybridized carbons (Fsp3) is 0.538. The van der Waals surface area contributed by atoms with Crippen molar-refractivity contribution in [2.75, 3.05) is 19.0 Å². The van der Waals surface area contributed by atoms with Crippen LogP contribution in [0.5, 0.6) is 0 Å². The van der Waals surface area contributed by atoms with Gasteiger partial charge in [-0.2, -0.15) is 0 Å². The smallest absolute Gasteiger partial charge is 0.0692 e. The van der Waals surface area contributed by atoms with Gasteiger partial charge in [-0.1, -0.05) is 28.9 Å². The van der Waals surface area contributed by atoms with Gasteiger partial charge in [0.2, 0.25) is 0 Å². The highest BCUT2D eigenvalue weighted by Gasteiger charge is 2.32. The van der Waals surface area contributed by atoms with E-state index in [-0.39, 0.29) is 5.54 Å². The molecule has 0 bridgehead atoms. The molecule has 0 spiro atoms. The lowest BCUT2D eigenvalue weighted by Gasteiger charge is -2.39. The van der Waals surface area contributed by atoms with Gasteiger partial charge >= 0.3 is 0 Å². The van der Waals surface area contributed by atoms with Crippen LogP contribution in [0.15, 0.2) is 22.7 Å². The van der Waals surface area contributed by atoms with Crippen LogP contribution in [-0.2, 0) is 11.2 Å². The Kier molecular flexibility index (Phi) is 3.55. The Balaban J connectivity index is 2.29. The Morgan fingerprint density at radius 3 is 3.00 bits per heavy atom. The highest BCUT2D eigenvalue weighted by Crippen LogP contribution is 2.36. The number of fused-ring (bicyclic) bond motifs is 1. The van der Waals surface area contributed by atoms with E-state index in [1.807, 2.05) is 0 Å². The molecule has 1 unspecified atom stereocenters. The van der Waals surface area contributed by atoms with E-state index in [4.69, 9.17) is 4.74 Å². The number of nitrogens with one attached hydrogen (secondary N) is 1. The lowest BCUT2D eigenvalue weighted by molar-refractivity contribution is 0.133. The molecule has 0 aromatic heterocycles. The Hall–Kier alpha value is -0.540. The van der Waals surface area contributed by atoms with Crippen molar-refractivity contribution in [2.24, 2.45) is 0 Å². The molecule has 2 nitrogen and oxygen atoms in total. The molecule has 1 aliphatic heterocycles. The van der Waals surface area contributed by atoms with Gasteiger partial charge in [0.15, 0.2) is 0 Å². The normalized spacial score (nSPS) is 23.7. The zero-order valence-corrected chi connectivity index (χ0v) is 11.4. The summed E-state index contributed by atoms with van der Waals surface area (Å²) < 4.78 is 6.55. The van der Waals surface area contributed by atoms with Crippen molar-refractivity contribution in [2.45, 2.75) is 31.7 Å². The summed E-state index contributed by atoms with van der Waals surface area (Å²) in [5, 5.41) is 3.65. The SMILES string of the molecule is CCC1(COC)CCc2c(Br)cccc2N1. The van der Waals surface area contributed by atoms with Gasteiger partial charge < -0.3 is 10.1 Å². The zero-order valence-electron chi connectivity index (χ0n) is 9.85. The van der Waals surface area contributed by atoms with Crippen molar-refractivity contribution in [1.29, 1.82) is 0 Å². The minimum Gasteiger partial charge on any atom is -0.382 e. The third-order valence-corrected chi connectivity index (χ3v) is 4.21. The summed E-state index contributed by atoms with van der Waals surface area (Å²) in [5.74, 6) is 0. The fourth-order valence-electron chi connectivity index (χ4n) is 2.39. The predicted molar refractivity (Wildman–Crippen MR) is 71.0 cm³/mol. The maximum atomic E-state index is 5.35. The first kappa shape index (κ1) is 11.9. The van der Waals surface area contributed by atoms with Crippen molar-refractivity contribution in [3.8, 4) is 0 Å². The van der Waals surface area contributed by atoms with Gasteiger partial charge in [0, 0.05) is 17.3 Å². The van der Waals surface area contributed by atoms with Gasteiger partial charge in [0.25, 0.3) is 0 Å². The van der Waals surface area contributed by atoms with Gasteiger partial charge in [-0.05, 0) is 37.0 Å². The predicted octanol–water partition coefficient (Wildman–Crippen LogP) is 3.60. The van der Waals surface area contributed by atoms with Crippen LogP contribution in [-0.4, -0.2) is 19.3 Å². The molecule has 1 heterocycles. The second-order valence-corrected chi connectivity index (χ2v) is 5.31. The summed E-state index contributed by atoms with van der Waals surface area (Å²) in [6.07, 6.45) is 3.33. The number of hydrogen-bond acceptors (Lipinski definition) is 2.